The van der Waals surface area contributed by atoms with Gasteiger partial charge in [0, 0.05) is 0 Å². The zero-order valence-electron chi connectivity index (χ0n) is 16.0. The van der Waals surface area contributed by atoms with E-state index in [1.807, 2.05) is 0 Å². The van der Waals surface area contributed by atoms with Gasteiger partial charge < -0.3 is 23.8 Å². The maximum atomic E-state index is 14.9. The summed E-state index contributed by atoms with van der Waals surface area (Å²) in [5.74, 6) is -1.82. The fraction of sp³-hybridized carbons (Fsp3) is 0.500. The van der Waals surface area contributed by atoms with E-state index in [-0.39, 0.29) is 36.4 Å². The number of benzene rings is 1. The minimum Gasteiger partial charge on any atom is -0.488 e. The average Bonchev–Trinajstić information content (AvgIpc) is 2.73. The minimum atomic E-state index is -0.782. The average molecular weight is 393 g/mol. The summed E-state index contributed by atoms with van der Waals surface area (Å²) in [6, 6.07) is 4.46. The van der Waals surface area contributed by atoms with Gasteiger partial charge in [-0.3, -0.25) is 0 Å². The number of carbonyl (C=O) groups is 2. The number of anilines is 1. The fourth-order valence-corrected chi connectivity index (χ4v) is 3.54. The highest BCUT2D eigenvalue weighted by molar-refractivity contribution is 6.03. The van der Waals surface area contributed by atoms with Gasteiger partial charge in [0.2, 0.25) is 0 Å². The summed E-state index contributed by atoms with van der Waals surface area (Å²) in [4.78, 5) is 25.9. The summed E-state index contributed by atoms with van der Waals surface area (Å²) in [6.45, 7) is -0.270. The Morgan fingerprint density at radius 3 is 2.50 bits per heavy atom. The van der Waals surface area contributed by atoms with Crippen LogP contribution in [0.5, 0.6) is 5.75 Å². The summed E-state index contributed by atoms with van der Waals surface area (Å²) in [5, 5.41) is 0. The highest BCUT2D eigenvalue weighted by Crippen LogP contribution is 2.38. The van der Waals surface area contributed by atoms with E-state index >= 15 is 0 Å². The van der Waals surface area contributed by atoms with Crippen molar-refractivity contribution in [2.24, 2.45) is 0 Å². The Balaban J connectivity index is 2.05. The molecule has 1 aliphatic heterocycles. The van der Waals surface area contributed by atoms with Crippen LogP contribution < -0.4 is 9.64 Å². The normalized spacial score (nSPS) is 18.0. The van der Waals surface area contributed by atoms with Crippen molar-refractivity contribution in [2.45, 2.75) is 38.2 Å². The quantitative estimate of drug-likeness (QED) is 0.712. The number of hydrogen-bond donors (Lipinski definition) is 0. The van der Waals surface area contributed by atoms with E-state index in [1.54, 1.807) is 12.1 Å². The molecule has 0 N–H and O–H groups in total. The topological polar surface area (TPSA) is 74.3 Å². The van der Waals surface area contributed by atoms with Crippen molar-refractivity contribution in [3.05, 3.63) is 35.3 Å². The predicted octanol–water partition coefficient (Wildman–Crippen LogP) is 2.93. The van der Waals surface area contributed by atoms with Gasteiger partial charge in [0.1, 0.15) is 23.9 Å². The second-order valence-electron chi connectivity index (χ2n) is 6.68. The van der Waals surface area contributed by atoms with Crippen LogP contribution in [0.3, 0.4) is 0 Å². The molecule has 0 atom stereocenters. The van der Waals surface area contributed by atoms with Gasteiger partial charge in [0.15, 0.2) is 5.82 Å². The second kappa shape index (κ2) is 9.05. The molecular formula is C20H24FNO6. The number of para-hydroxylation sites is 1. The van der Waals surface area contributed by atoms with Gasteiger partial charge in [-0.2, -0.15) is 0 Å². The first-order chi connectivity index (χ1) is 13.6. The third-order valence-electron chi connectivity index (χ3n) is 4.90. The second-order valence-corrected chi connectivity index (χ2v) is 6.68. The van der Waals surface area contributed by atoms with E-state index in [9.17, 15) is 14.0 Å². The molecule has 1 aromatic carbocycles. The van der Waals surface area contributed by atoms with Crippen LogP contribution in [0.1, 0.15) is 32.1 Å². The lowest BCUT2D eigenvalue weighted by molar-refractivity contribution is -0.140. The number of rotatable bonds is 5. The van der Waals surface area contributed by atoms with Crippen LogP contribution in [0.4, 0.5) is 10.1 Å². The first-order valence-corrected chi connectivity index (χ1v) is 9.27. The molecule has 28 heavy (non-hydrogen) atoms. The van der Waals surface area contributed by atoms with E-state index in [0.717, 1.165) is 32.1 Å². The summed E-state index contributed by atoms with van der Waals surface area (Å²) >= 11 is 0. The van der Waals surface area contributed by atoms with Gasteiger partial charge in [-0.05, 0) is 37.8 Å². The first-order valence-electron chi connectivity index (χ1n) is 9.27. The lowest BCUT2D eigenvalue weighted by atomic mass is 9.98. The molecular weight excluding hydrogens is 369 g/mol. The van der Waals surface area contributed by atoms with Crippen molar-refractivity contribution in [1.82, 2.24) is 0 Å². The Morgan fingerprint density at radius 1 is 1.11 bits per heavy atom. The Morgan fingerprint density at radius 2 is 1.82 bits per heavy atom. The summed E-state index contributed by atoms with van der Waals surface area (Å²) < 4.78 is 36.0. The van der Waals surface area contributed by atoms with Gasteiger partial charge in [0.05, 0.1) is 32.5 Å². The van der Waals surface area contributed by atoms with Crippen LogP contribution in [0.15, 0.2) is 29.5 Å². The van der Waals surface area contributed by atoms with E-state index < -0.39 is 17.8 Å². The summed E-state index contributed by atoms with van der Waals surface area (Å²) in [7, 11) is 2.39. The molecule has 152 valence electrons. The van der Waals surface area contributed by atoms with Crippen LogP contribution >= 0.6 is 0 Å². The molecule has 0 amide bonds. The third-order valence-corrected chi connectivity index (χ3v) is 4.90. The number of nitrogens with zero attached hydrogens (tertiary/aromatic N) is 1. The molecule has 0 spiro atoms. The van der Waals surface area contributed by atoms with Gasteiger partial charge in [-0.1, -0.05) is 12.5 Å². The Labute approximate surface area is 163 Å². The van der Waals surface area contributed by atoms with Crippen LogP contribution in [0.25, 0.3) is 0 Å². The van der Waals surface area contributed by atoms with Crippen LogP contribution in [0, 0.1) is 5.82 Å². The van der Waals surface area contributed by atoms with Crippen LogP contribution in [0.2, 0.25) is 0 Å². The molecule has 2 aliphatic rings. The van der Waals surface area contributed by atoms with Crippen molar-refractivity contribution in [2.75, 3.05) is 32.5 Å². The number of hydrogen-bond acceptors (Lipinski definition) is 7. The summed E-state index contributed by atoms with van der Waals surface area (Å²) in [6.07, 6.45) is 5.03. The van der Waals surface area contributed by atoms with Gasteiger partial charge >= 0.3 is 11.9 Å². The van der Waals surface area contributed by atoms with Crippen LogP contribution in [-0.2, 0) is 23.8 Å². The van der Waals surface area contributed by atoms with Crippen molar-refractivity contribution in [1.29, 1.82) is 0 Å². The predicted molar refractivity (Wildman–Crippen MR) is 98.3 cm³/mol. The first kappa shape index (κ1) is 20.1. The molecule has 7 nitrogen and oxygen atoms in total. The molecule has 1 saturated carbocycles. The smallest absolute Gasteiger partial charge is 0.355 e. The third kappa shape index (κ3) is 4.11. The monoisotopic (exact) mass is 393 g/mol. The molecule has 1 aliphatic carbocycles. The number of halogens is 1. The fourth-order valence-electron chi connectivity index (χ4n) is 3.54. The van der Waals surface area contributed by atoms with E-state index in [1.165, 1.54) is 25.2 Å². The SMILES string of the molecule is COC(=O)C1=C(C(=O)OC)N(c2c(F)cccc2OC2CCCCC2)COC1. The molecule has 0 bridgehead atoms. The zero-order valence-corrected chi connectivity index (χ0v) is 16.0. The maximum absolute atomic E-state index is 14.9. The number of ether oxygens (including phenoxy) is 4. The molecule has 0 aromatic heterocycles. The lowest BCUT2D eigenvalue weighted by Gasteiger charge is -2.33. The Hall–Kier alpha value is -2.61. The number of carbonyl (C=O) groups excluding carboxylic acids is 2. The summed E-state index contributed by atoms with van der Waals surface area (Å²) in [5.41, 5.74) is -0.110. The molecule has 1 heterocycles. The number of esters is 2. The molecule has 1 aromatic rings. The standard InChI is InChI=1S/C20H24FNO6/c1-25-19(23)14-11-27-12-22(17(14)20(24)26-2)18-15(21)9-6-10-16(18)28-13-7-4-3-5-8-13/h6,9-10,13H,3-5,7-8,11-12H2,1-2H3. The molecule has 0 radical (unpaired) electrons. The van der Waals surface area contributed by atoms with Gasteiger partial charge in [-0.15, -0.1) is 0 Å². The molecule has 0 unspecified atom stereocenters. The van der Waals surface area contributed by atoms with Crippen LogP contribution in [-0.4, -0.2) is 45.6 Å². The maximum Gasteiger partial charge on any atom is 0.355 e. The molecule has 3 rings (SSSR count). The minimum absolute atomic E-state index is 0.0226. The highest BCUT2D eigenvalue weighted by atomic mass is 19.1. The Bertz CT molecular complexity index is 772. The van der Waals surface area contributed by atoms with E-state index in [2.05, 4.69) is 0 Å². The van der Waals surface area contributed by atoms with Crippen molar-refractivity contribution in [3.8, 4) is 5.75 Å². The molecule has 8 heteroatoms. The largest absolute Gasteiger partial charge is 0.488 e. The van der Waals surface area contributed by atoms with E-state index in [4.69, 9.17) is 18.9 Å². The highest BCUT2D eigenvalue weighted by Gasteiger charge is 2.35. The Kier molecular flexibility index (Phi) is 6.51. The zero-order chi connectivity index (χ0) is 20.1. The van der Waals surface area contributed by atoms with E-state index in [0.29, 0.717) is 5.75 Å². The number of methoxy groups -OCH3 is 2. The lowest BCUT2D eigenvalue weighted by Crippen LogP contribution is -2.39. The van der Waals surface area contributed by atoms with Gasteiger partial charge in [-0.25, -0.2) is 14.0 Å². The molecule has 0 saturated heterocycles. The van der Waals surface area contributed by atoms with Crippen molar-refractivity contribution in [3.63, 3.8) is 0 Å². The van der Waals surface area contributed by atoms with Gasteiger partial charge in [0.25, 0.3) is 0 Å². The van der Waals surface area contributed by atoms with Crippen molar-refractivity contribution >= 4 is 17.6 Å². The van der Waals surface area contributed by atoms with Crippen molar-refractivity contribution < 1.29 is 32.9 Å². The molecule has 1 fully saturated rings.